The third kappa shape index (κ3) is 4.18. The normalized spacial score (nSPS) is 26.3. The van der Waals surface area contributed by atoms with Crippen LogP contribution in [0.1, 0.15) is 40.0 Å². The summed E-state index contributed by atoms with van der Waals surface area (Å²) in [6.45, 7) is 10.7. The van der Waals surface area contributed by atoms with E-state index >= 15 is 0 Å². The van der Waals surface area contributed by atoms with Gasteiger partial charge in [-0.2, -0.15) is 0 Å². The molecule has 2 atom stereocenters. The van der Waals surface area contributed by atoms with E-state index in [-0.39, 0.29) is 12.1 Å². The summed E-state index contributed by atoms with van der Waals surface area (Å²) < 4.78 is 11.0. The van der Waals surface area contributed by atoms with Crippen LogP contribution >= 0.6 is 0 Å². The van der Waals surface area contributed by atoms with Crippen LogP contribution in [-0.4, -0.2) is 61.9 Å². The lowest BCUT2D eigenvalue weighted by Crippen LogP contribution is -2.63. The molecule has 1 saturated carbocycles. The van der Waals surface area contributed by atoms with E-state index in [1.807, 2.05) is 6.92 Å². The zero-order valence-corrected chi connectivity index (χ0v) is 13.7. The summed E-state index contributed by atoms with van der Waals surface area (Å²) in [6, 6.07) is 0. The monoisotopic (exact) mass is 298 g/mol. The van der Waals surface area contributed by atoms with Crippen molar-refractivity contribution >= 4 is 5.97 Å². The second kappa shape index (κ2) is 7.56. The molecule has 0 spiro atoms. The maximum atomic E-state index is 12.7. The minimum atomic E-state index is -0.525. The van der Waals surface area contributed by atoms with Gasteiger partial charge in [-0.1, -0.05) is 6.92 Å². The lowest BCUT2D eigenvalue weighted by molar-refractivity contribution is -0.154. The van der Waals surface area contributed by atoms with Gasteiger partial charge in [-0.3, -0.25) is 4.90 Å². The Morgan fingerprint density at radius 1 is 1.43 bits per heavy atom. The Morgan fingerprint density at radius 3 is 2.76 bits per heavy atom. The van der Waals surface area contributed by atoms with Gasteiger partial charge >= 0.3 is 5.97 Å². The maximum Gasteiger partial charge on any atom is 0.327 e. The number of hydrogen-bond donors (Lipinski definition) is 1. The molecule has 1 heterocycles. The molecular weight excluding hydrogens is 268 g/mol. The van der Waals surface area contributed by atoms with Crippen molar-refractivity contribution in [2.75, 3.05) is 39.4 Å². The first-order valence-corrected chi connectivity index (χ1v) is 8.38. The number of rotatable bonds is 8. The first kappa shape index (κ1) is 16.7. The van der Waals surface area contributed by atoms with Gasteiger partial charge in [0.1, 0.15) is 5.54 Å². The van der Waals surface area contributed by atoms with Gasteiger partial charge < -0.3 is 14.8 Å². The number of hydrogen-bond acceptors (Lipinski definition) is 5. The first-order chi connectivity index (χ1) is 10.1. The van der Waals surface area contributed by atoms with Crippen LogP contribution in [0.2, 0.25) is 0 Å². The molecule has 2 rings (SSSR count). The molecule has 0 aromatic heterocycles. The van der Waals surface area contributed by atoms with Crippen molar-refractivity contribution in [2.45, 2.75) is 51.7 Å². The Labute approximate surface area is 128 Å². The second-order valence-electron chi connectivity index (χ2n) is 6.31. The number of carbonyl (C=O) groups is 1. The Hall–Kier alpha value is -0.650. The molecular formula is C16H30N2O3. The largest absolute Gasteiger partial charge is 0.465 e. The van der Waals surface area contributed by atoms with Crippen molar-refractivity contribution in [3.05, 3.63) is 0 Å². The summed E-state index contributed by atoms with van der Waals surface area (Å²) in [7, 11) is 0. The van der Waals surface area contributed by atoms with Crippen molar-refractivity contribution in [3.8, 4) is 0 Å². The molecule has 0 aromatic carbocycles. The molecule has 0 aromatic rings. The predicted octanol–water partition coefficient (Wildman–Crippen LogP) is 1.42. The van der Waals surface area contributed by atoms with E-state index < -0.39 is 5.54 Å². The van der Waals surface area contributed by atoms with Gasteiger partial charge in [0.25, 0.3) is 0 Å². The van der Waals surface area contributed by atoms with Crippen LogP contribution in [0, 0.1) is 5.92 Å². The van der Waals surface area contributed by atoms with E-state index in [0.29, 0.717) is 12.5 Å². The van der Waals surface area contributed by atoms with Crippen LogP contribution in [0.3, 0.4) is 0 Å². The Balaban J connectivity index is 2.10. The van der Waals surface area contributed by atoms with Crippen LogP contribution < -0.4 is 5.32 Å². The van der Waals surface area contributed by atoms with E-state index in [1.165, 1.54) is 0 Å². The fraction of sp³-hybridized carbons (Fsp3) is 0.938. The van der Waals surface area contributed by atoms with Crippen LogP contribution in [0.5, 0.6) is 0 Å². The molecule has 5 nitrogen and oxygen atoms in total. The lowest BCUT2D eigenvalue weighted by Gasteiger charge is -2.40. The Morgan fingerprint density at radius 2 is 2.19 bits per heavy atom. The highest BCUT2D eigenvalue weighted by atomic mass is 16.5. The molecule has 2 fully saturated rings. The average Bonchev–Trinajstić information content (AvgIpc) is 3.28. The SMILES string of the molecule is CCCNC(CN1CCOC(C)C1)(C(=O)OCC)C1CC1. The van der Waals surface area contributed by atoms with Crippen molar-refractivity contribution in [2.24, 2.45) is 5.92 Å². The second-order valence-corrected chi connectivity index (χ2v) is 6.31. The molecule has 1 aliphatic carbocycles. The summed E-state index contributed by atoms with van der Waals surface area (Å²) >= 11 is 0. The van der Waals surface area contributed by atoms with Crippen molar-refractivity contribution in [3.63, 3.8) is 0 Å². The molecule has 5 heteroatoms. The van der Waals surface area contributed by atoms with Gasteiger partial charge in [-0.05, 0) is 45.6 Å². The van der Waals surface area contributed by atoms with E-state index in [2.05, 4.69) is 24.1 Å². The van der Waals surface area contributed by atoms with E-state index in [4.69, 9.17) is 9.47 Å². The van der Waals surface area contributed by atoms with Gasteiger partial charge in [-0.25, -0.2) is 4.79 Å². The van der Waals surface area contributed by atoms with Crippen LogP contribution in [-0.2, 0) is 14.3 Å². The average molecular weight is 298 g/mol. The van der Waals surface area contributed by atoms with Gasteiger partial charge in [0.05, 0.1) is 19.3 Å². The van der Waals surface area contributed by atoms with Gasteiger partial charge in [0, 0.05) is 19.6 Å². The molecule has 1 N–H and O–H groups in total. The van der Waals surface area contributed by atoms with Gasteiger partial charge in [-0.15, -0.1) is 0 Å². The molecule has 1 saturated heterocycles. The van der Waals surface area contributed by atoms with Crippen molar-refractivity contribution in [1.29, 1.82) is 0 Å². The number of esters is 1. The van der Waals surface area contributed by atoms with Crippen LogP contribution in [0.4, 0.5) is 0 Å². The molecule has 2 aliphatic rings. The fourth-order valence-electron chi connectivity index (χ4n) is 3.20. The Bertz CT molecular complexity index is 346. The third-order valence-electron chi connectivity index (χ3n) is 4.40. The predicted molar refractivity (Wildman–Crippen MR) is 82.2 cm³/mol. The standard InChI is InChI=1S/C16H30N2O3/c1-4-8-17-16(14-6-7-14,15(19)20-5-2)12-18-9-10-21-13(3)11-18/h13-14,17H,4-12H2,1-3H3. The highest BCUT2D eigenvalue weighted by Crippen LogP contribution is 2.41. The summed E-state index contributed by atoms with van der Waals surface area (Å²) in [4.78, 5) is 15.0. The van der Waals surface area contributed by atoms with Crippen molar-refractivity contribution in [1.82, 2.24) is 10.2 Å². The highest BCUT2D eigenvalue weighted by Gasteiger charge is 2.52. The molecule has 1 aliphatic heterocycles. The zero-order valence-electron chi connectivity index (χ0n) is 13.7. The maximum absolute atomic E-state index is 12.7. The molecule has 0 bridgehead atoms. The zero-order chi connectivity index (χ0) is 15.3. The summed E-state index contributed by atoms with van der Waals surface area (Å²) in [5.74, 6) is 0.348. The van der Waals surface area contributed by atoms with E-state index in [9.17, 15) is 4.79 Å². The third-order valence-corrected chi connectivity index (χ3v) is 4.40. The number of carbonyl (C=O) groups excluding carboxylic acids is 1. The number of nitrogens with zero attached hydrogens (tertiary/aromatic N) is 1. The Kier molecular flexibility index (Phi) is 6.02. The number of morpholine rings is 1. The van der Waals surface area contributed by atoms with E-state index in [0.717, 1.165) is 52.0 Å². The number of ether oxygens (including phenoxy) is 2. The van der Waals surface area contributed by atoms with Crippen molar-refractivity contribution < 1.29 is 14.3 Å². The lowest BCUT2D eigenvalue weighted by atomic mass is 9.91. The topological polar surface area (TPSA) is 50.8 Å². The first-order valence-electron chi connectivity index (χ1n) is 8.38. The smallest absolute Gasteiger partial charge is 0.327 e. The summed E-state index contributed by atoms with van der Waals surface area (Å²) in [5, 5.41) is 3.53. The molecule has 0 radical (unpaired) electrons. The van der Waals surface area contributed by atoms with E-state index in [1.54, 1.807) is 0 Å². The minimum absolute atomic E-state index is 0.0694. The minimum Gasteiger partial charge on any atom is -0.465 e. The quantitative estimate of drug-likeness (QED) is 0.687. The summed E-state index contributed by atoms with van der Waals surface area (Å²) in [5.41, 5.74) is -0.525. The highest BCUT2D eigenvalue weighted by molar-refractivity contribution is 5.82. The fourth-order valence-corrected chi connectivity index (χ4v) is 3.20. The van der Waals surface area contributed by atoms with Crippen LogP contribution in [0.15, 0.2) is 0 Å². The number of nitrogens with one attached hydrogen (secondary N) is 1. The summed E-state index contributed by atoms with van der Waals surface area (Å²) in [6.07, 6.45) is 3.50. The molecule has 122 valence electrons. The van der Waals surface area contributed by atoms with Gasteiger partial charge in [0.2, 0.25) is 0 Å². The van der Waals surface area contributed by atoms with Gasteiger partial charge in [0.15, 0.2) is 0 Å². The molecule has 2 unspecified atom stereocenters. The molecule has 21 heavy (non-hydrogen) atoms. The van der Waals surface area contributed by atoms with Crippen LogP contribution in [0.25, 0.3) is 0 Å². The molecule has 0 amide bonds.